The first-order valence-electron chi connectivity index (χ1n) is 9.40. The van der Waals surface area contributed by atoms with Crippen molar-refractivity contribution in [2.75, 3.05) is 0 Å². The highest BCUT2D eigenvalue weighted by atomic mass is 16.7. The highest BCUT2D eigenvalue weighted by Gasteiger charge is 2.62. The van der Waals surface area contributed by atoms with Crippen molar-refractivity contribution in [3.8, 4) is 0 Å². The first kappa shape index (κ1) is 18.9. The average molecular weight is 325 g/mol. The van der Waals surface area contributed by atoms with Crippen LogP contribution in [0.1, 0.15) is 92.9 Å². The number of Topliss-reactive ketones (excluding diaryl/α,β-unsaturated/α-hetero) is 1. The fraction of sp³-hybridized carbons (Fsp3) is 0.947. The minimum absolute atomic E-state index is 0.106. The molecule has 0 aliphatic carbocycles. The molecule has 0 saturated carbocycles. The molecule has 2 fully saturated rings. The topological polar surface area (TPSA) is 50.4 Å². The molecule has 0 unspecified atom stereocenters. The summed E-state index contributed by atoms with van der Waals surface area (Å²) in [5, 5.41) is 3.66. The minimum atomic E-state index is -0.681. The Kier molecular flexibility index (Phi) is 5.30. The number of unbranched alkanes of at least 4 members (excludes halogenated alkanes) is 2. The van der Waals surface area contributed by atoms with Crippen LogP contribution in [0.2, 0.25) is 0 Å². The van der Waals surface area contributed by atoms with Gasteiger partial charge in [0.15, 0.2) is 11.4 Å². The summed E-state index contributed by atoms with van der Waals surface area (Å²) in [7, 11) is 0. The molecule has 134 valence electrons. The van der Waals surface area contributed by atoms with Gasteiger partial charge < -0.3 is 5.32 Å². The lowest BCUT2D eigenvalue weighted by molar-refractivity contribution is -0.148. The van der Waals surface area contributed by atoms with Crippen LogP contribution in [0.4, 0.5) is 0 Å². The lowest BCUT2D eigenvalue weighted by Crippen LogP contribution is -2.66. The smallest absolute Gasteiger partial charge is 0.189 e. The van der Waals surface area contributed by atoms with Crippen molar-refractivity contribution in [1.29, 1.82) is 0 Å². The lowest BCUT2D eigenvalue weighted by atomic mass is 9.67. The number of carbonyl (C=O) groups is 1. The number of hydroxylamine groups is 1. The van der Waals surface area contributed by atoms with E-state index in [-0.39, 0.29) is 11.1 Å². The second-order valence-corrected chi connectivity index (χ2v) is 9.06. The Hall–Kier alpha value is -0.450. The molecule has 2 N–H and O–H groups in total. The third kappa shape index (κ3) is 3.80. The van der Waals surface area contributed by atoms with Gasteiger partial charge in [0, 0.05) is 23.9 Å². The summed E-state index contributed by atoms with van der Waals surface area (Å²) in [6.07, 6.45) is 7.57. The predicted octanol–water partition coefficient (Wildman–Crippen LogP) is 3.89. The monoisotopic (exact) mass is 324 g/mol. The van der Waals surface area contributed by atoms with Crippen molar-refractivity contribution >= 4 is 5.78 Å². The molecule has 2 rings (SSSR count). The van der Waals surface area contributed by atoms with E-state index in [4.69, 9.17) is 4.84 Å². The predicted molar refractivity (Wildman–Crippen MR) is 94.3 cm³/mol. The molecule has 23 heavy (non-hydrogen) atoms. The van der Waals surface area contributed by atoms with E-state index in [0.29, 0.717) is 5.78 Å². The van der Waals surface area contributed by atoms with Gasteiger partial charge in [0.25, 0.3) is 0 Å². The van der Waals surface area contributed by atoms with Crippen LogP contribution in [0.5, 0.6) is 0 Å². The molecule has 0 radical (unpaired) electrons. The summed E-state index contributed by atoms with van der Waals surface area (Å²) >= 11 is 0. The zero-order valence-corrected chi connectivity index (χ0v) is 16.0. The van der Waals surface area contributed by atoms with Gasteiger partial charge in [-0.05, 0) is 40.5 Å². The molecule has 0 aromatic carbocycles. The standard InChI is InChI=1S/C19H36N2O2/c1-7-9-11-18(12-10-8-2)15(22)19(23-21-18)13-16(3,4)20-17(5,6)14-19/h20-21H,7-14H2,1-6H3. The number of hydrogen-bond acceptors (Lipinski definition) is 4. The molecule has 2 aliphatic rings. The molecule has 4 nitrogen and oxygen atoms in total. The maximum absolute atomic E-state index is 13.6. The van der Waals surface area contributed by atoms with Crippen LogP contribution < -0.4 is 10.8 Å². The van der Waals surface area contributed by atoms with E-state index in [1.54, 1.807) is 0 Å². The molecule has 0 bridgehead atoms. The van der Waals surface area contributed by atoms with Gasteiger partial charge in [0.05, 0.1) is 0 Å². The first-order chi connectivity index (χ1) is 10.6. The number of piperidine rings is 1. The van der Waals surface area contributed by atoms with Gasteiger partial charge in [0.2, 0.25) is 0 Å². The van der Waals surface area contributed by atoms with Crippen LogP contribution in [0.3, 0.4) is 0 Å². The third-order valence-corrected chi connectivity index (χ3v) is 5.34. The van der Waals surface area contributed by atoms with Crippen molar-refractivity contribution in [3.05, 3.63) is 0 Å². The number of rotatable bonds is 6. The van der Waals surface area contributed by atoms with E-state index in [1.807, 2.05) is 0 Å². The Labute approximate surface area is 142 Å². The second kappa shape index (κ2) is 6.45. The highest BCUT2D eigenvalue weighted by molar-refractivity contribution is 5.97. The highest BCUT2D eigenvalue weighted by Crippen LogP contribution is 2.46. The maximum atomic E-state index is 13.6. The molecule has 0 aromatic rings. The van der Waals surface area contributed by atoms with Crippen LogP contribution in [0.15, 0.2) is 0 Å². The Bertz CT molecular complexity index is 419. The van der Waals surface area contributed by atoms with Crippen molar-refractivity contribution in [2.24, 2.45) is 0 Å². The number of carbonyl (C=O) groups excluding carboxylic acids is 1. The van der Waals surface area contributed by atoms with Gasteiger partial charge in [-0.2, -0.15) is 5.48 Å². The van der Waals surface area contributed by atoms with Crippen LogP contribution in [0, 0.1) is 0 Å². The Morgan fingerprint density at radius 2 is 1.43 bits per heavy atom. The molecular weight excluding hydrogens is 288 g/mol. The van der Waals surface area contributed by atoms with E-state index in [0.717, 1.165) is 51.4 Å². The summed E-state index contributed by atoms with van der Waals surface area (Å²) in [5.41, 5.74) is 1.88. The van der Waals surface area contributed by atoms with Gasteiger partial charge in [-0.25, -0.2) is 0 Å². The van der Waals surface area contributed by atoms with E-state index >= 15 is 0 Å². The van der Waals surface area contributed by atoms with Crippen LogP contribution in [-0.4, -0.2) is 28.0 Å². The summed E-state index contributed by atoms with van der Waals surface area (Å²) < 4.78 is 0. The molecule has 4 heteroatoms. The Balaban J connectivity index is 2.29. The van der Waals surface area contributed by atoms with Gasteiger partial charge in [0.1, 0.15) is 5.54 Å². The zero-order chi connectivity index (χ0) is 17.4. The van der Waals surface area contributed by atoms with Gasteiger partial charge in [-0.15, -0.1) is 0 Å². The molecular formula is C19H36N2O2. The number of ketones is 1. The molecule has 2 heterocycles. The number of hydrogen-bond donors (Lipinski definition) is 2. The quantitative estimate of drug-likeness (QED) is 0.778. The molecule has 0 aromatic heterocycles. The Morgan fingerprint density at radius 1 is 0.957 bits per heavy atom. The summed E-state index contributed by atoms with van der Waals surface area (Å²) in [4.78, 5) is 19.7. The van der Waals surface area contributed by atoms with Crippen molar-refractivity contribution in [3.63, 3.8) is 0 Å². The van der Waals surface area contributed by atoms with E-state index in [9.17, 15) is 4.79 Å². The summed E-state index contributed by atoms with van der Waals surface area (Å²) in [6.45, 7) is 13.0. The molecule has 1 spiro atoms. The Morgan fingerprint density at radius 3 is 1.87 bits per heavy atom. The van der Waals surface area contributed by atoms with Crippen molar-refractivity contribution < 1.29 is 9.63 Å². The summed E-state index contributed by atoms with van der Waals surface area (Å²) in [6, 6.07) is 0. The van der Waals surface area contributed by atoms with Crippen LogP contribution in [0.25, 0.3) is 0 Å². The van der Waals surface area contributed by atoms with E-state index in [2.05, 4.69) is 52.3 Å². The fourth-order valence-corrected chi connectivity index (χ4v) is 4.86. The van der Waals surface area contributed by atoms with Crippen molar-refractivity contribution in [2.45, 2.75) is 115 Å². The normalized spacial score (nSPS) is 27.5. The number of nitrogens with one attached hydrogen (secondary N) is 2. The van der Waals surface area contributed by atoms with Crippen LogP contribution >= 0.6 is 0 Å². The van der Waals surface area contributed by atoms with E-state index < -0.39 is 11.1 Å². The first-order valence-corrected chi connectivity index (χ1v) is 9.40. The maximum Gasteiger partial charge on any atom is 0.189 e. The average Bonchev–Trinajstić information content (AvgIpc) is 2.65. The third-order valence-electron chi connectivity index (χ3n) is 5.34. The molecule has 2 aliphatic heterocycles. The molecule has 0 amide bonds. The van der Waals surface area contributed by atoms with Gasteiger partial charge >= 0.3 is 0 Å². The molecule has 0 atom stereocenters. The van der Waals surface area contributed by atoms with Gasteiger partial charge in [-0.1, -0.05) is 39.5 Å². The van der Waals surface area contributed by atoms with Crippen molar-refractivity contribution in [1.82, 2.24) is 10.8 Å². The SMILES string of the molecule is CCCCC1(CCCC)NOC2(CC(C)(C)NC(C)(C)C2)C1=O. The minimum Gasteiger partial charge on any atom is -0.307 e. The summed E-state index contributed by atoms with van der Waals surface area (Å²) in [5.74, 6) is 0.301. The fourth-order valence-electron chi connectivity index (χ4n) is 4.86. The largest absolute Gasteiger partial charge is 0.307 e. The molecule has 2 saturated heterocycles. The van der Waals surface area contributed by atoms with Crippen LogP contribution in [-0.2, 0) is 9.63 Å². The van der Waals surface area contributed by atoms with E-state index in [1.165, 1.54) is 0 Å². The van der Waals surface area contributed by atoms with Gasteiger partial charge in [-0.3, -0.25) is 9.63 Å². The second-order valence-electron chi connectivity index (χ2n) is 9.06. The lowest BCUT2D eigenvalue weighted by Gasteiger charge is -2.49. The zero-order valence-electron chi connectivity index (χ0n) is 16.0.